The topological polar surface area (TPSA) is 55.1 Å². The molecule has 3 atom stereocenters. The predicted octanol–water partition coefficient (Wildman–Crippen LogP) is 1.12. The fraction of sp³-hybridized carbons (Fsp3) is 0.900. The number of amides is 1. The van der Waals surface area contributed by atoms with E-state index in [9.17, 15) is 4.79 Å². The molecule has 0 aromatic carbocycles. The van der Waals surface area contributed by atoms with Crippen LogP contribution in [0.15, 0.2) is 0 Å². The molecule has 1 aliphatic carbocycles. The van der Waals surface area contributed by atoms with Gasteiger partial charge in [-0.05, 0) is 25.5 Å². The van der Waals surface area contributed by atoms with E-state index in [2.05, 4.69) is 11.6 Å². The highest BCUT2D eigenvalue weighted by Gasteiger charge is 2.28. The molecule has 0 radical (unpaired) electrons. The van der Waals surface area contributed by atoms with Crippen molar-refractivity contribution < 1.29 is 4.79 Å². The van der Waals surface area contributed by atoms with E-state index in [0.717, 1.165) is 6.42 Å². The minimum Gasteiger partial charge on any atom is -0.351 e. The SMILES string of the molecule is CC[C@@H](N)C(=O)NC1CCCC1SC. The van der Waals surface area contributed by atoms with Crippen molar-refractivity contribution in [2.45, 2.75) is 49.9 Å². The van der Waals surface area contributed by atoms with Gasteiger partial charge < -0.3 is 11.1 Å². The van der Waals surface area contributed by atoms with Gasteiger partial charge in [-0.25, -0.2) is 0 Å². The van der Waals surface area contributed by atoms with E-state index in [4.69, 9.17) is 5.73 Å². The number of carbonyl (C=O) groups excluding carboxylic acids is 1. The molecule has 1 amide bonds. The van der Waals surface area contributed by atoms with E-state index in [0.29, 0.717) is 17.7 Å². The van der Waals surface area contributed by atoms with Crippen LogP contribution in [0.3, 0.4) is 0 Å². The molecule has 3 nitrogen and oxygen atoms in total. The summed E-state index contributed by atoms with van der Waals surface area (Å²) in [7, 11) is 0. The molecule has 14 heavy (non-hydrogen) atoms. The van der Waals surface area contributed by atoms with Gasteiger partial charge in [0.2, 0.25) is 5.91 Å². The summed E-state index contributed by atoms with van der Waals surface area (Å²) in [4.78, 5) is 11.5. The van der Waals surface area contributed by atoms with Crippen molar-refractivity contribution in [1.29, 1.82) is 0 Å². The molecule has 0 aromatic heterocycles. The maximum absolute atomic E-state index is 11.5. The third kappa shape index (κ3) is 2.89. The summed E-state index contributed by atoms with van der Waals surface area (Å²) >= 11 is 1.85. The van der Waals surface area contributed by atoms with E-state index >= 15 is 0 Å². The third-order valence-corrected chi connectivity index (χ3v) is 4.03. The Morgan fingerprint density at radius 2 is 2.36 bits per heavy atom. The molecule has 1 saturated carbocycles. The zero-order valence-corrected chi connectivity index (χ0v) is 9.77. The van der Waals surface area contributed by atoms with Crippen LogP contribution in [0.1, 0.15) is 32.6 Å². The lowest BCUT2D eigenvalue weighted by atomic mass is 10.2. The molecule has 2 unspecified atom stereocenters. The van der Waals surface area contributed by atoms with Gasteiger partial charge in [-0.3, -0.25) is 4.79 Å². The number of carbonyl (C=O) groups is 1. The van der Waals surface area contributed by atoms with Crippen LogP contribution >= 0.6 is 11.8 Å². The smallest absolute Gasteiger partial charge is 0.237 e. The molecule has 0 heterocycles. The standard InChI is InChI=1S/C10H20N2OS/c1-3-7(11)10(13)12-8-5-4-6-9(8)14-2/h7-9H,3-6,11H2,1-2H3,(H,12,13)/t7-,8?,9?/m1/s1. The molecule has 0 bridgehead atoms. The molecule has 0 aromatic rings. The van der Waals surface area contributed by atoms with Crippen molar-refractivity contribution in [2.24, 2.45) is 5.73 Å². The maximum Gasteiger partial charge on any atom is 0.237 e. The number of hydrogen-bond acceptors (Lipinski definition) is 3. The van der Waals surface area contributed by atoms with Gasteiger partial charge >= 0.3 is 0 Å². The van der Waals surface area contributed by atoms with E-state index < -0.39 is 0 Å². The first-order valence-corrected chi connectivity index (χ1v) is 6.56. The first kappa shape index (κ1) is 11.9. The number of rotatable bonds is 4. The molecule has 3 N–H and O–H groups in total. The molecular formula is C10H20N2OS. The van der Waals surface area contributed by atoms with Gasteiger partial charge in [0, 0.05) is 11.3 Å². The van der Waals surface area contributed by atoms with Crippen molar-refractivity contribution >= 4 is 17.7 Å². The Balaban J connectivity index is 2.39. The van der Waals surface area contributed by atoms with Gasteiger partial charge in [0.1, 0.15) is 0 Å². The molecule has 1 rings (SSSR count). The number of nitrogens with two attached hydrogens (primary N) is 1. The second-order valence-electron chi connectivity index (χ2n) is 3.83. The van der Waals surface area contributed by atoms with Crippen molar-refractivity contribution in [1.82, 2.24) is 5.32 Å². The lowest BCUT2D eigenvalue weighted by Gasteiger charge is -2.20. The second-order valence-corrected chi connectivity index (χ2v) is 4.91. The Morgan fingerprint density at radius 3 is 2.93 bits per heavy atom. The second kappa shape index (κ2) is 5.61. The molecule has 0 aliphatic heterocycles. The predicted molar refractivity (Wildman–Crippen MR) is 61.4 cm³/mol. The average molecular weight is 216 g/mol. The fourth-order valence-corrected chi connectivity index (χ4v) is 2.78. The van der Waals surface area contributed by atoms with Gasteiger partial charge in [-0.15, -0.1) is 0 Å². The Hall–Kier alpha value is -0.220. The minimum absolute atomic E-state index is 0.0125. The molecular weight excluding hydrogens is 196 g/mol. The van der Waals surface area contributed by atoms with Crippen molar-refractivity contribution in [3.63, 3.8) is 0 Å². The normalized spacial score (nSPS) is 28.8. The maximum atomic E-state index is 11.5. The summed E-state index contributed by atoms with van der Waals surface area (Å²) in [6.07, 6.45) is 6.36. The highest BCUT2D eigenvalue weighted by atomic mass is 32.2. The summed E-state index contributed by atoms with van der Waals surface area (Å²) < 4.78 is 0. The monoisotopic (exact) mass is 216 g/mol. The van der Waals surface area contributed by atoms with Crippen LogP contribution in [0, 0.1) is 0 Å². The molecule has 0 spiro atoms. The molecule has 0 saturated heterocycles. The van der Waals surface area contributed by atoms with Crippen LogP contribution < -0.4 is 11.1 Å². The van der Waals surface area contributed by atoms with Crippen LogP contribution in [-0.2, 0) is 4.79 Å². The van der Waals surface area contributed by atoms with E-state index in [1.54, 1.807) is 0 Å². The van der Waals surface area contributed by atoms with Gasteiger partial charge in [0.25, 0.3) is 0 Å². The van der Waals surface area contributed by atoms with Crippen molar-refractivity contribution in [3.05, 3.63) is 0 Å². The Morgan fingerprint density at radius 1 is 1.64 bits per heavy atom. The third-order valence-electron chi connectivity index (χ3n) is 2.86. The van der Waals surface area contributed by atoms with E-state index in [1.807, 2.05) is 18.7 Å². The van der Waals surface area contributed by atoms with Crippen LogP contribution in [0.25, 0.3) is 0 Å². The average Bonchev–Trinajstić information content (AvgIpc) is 2.63. The van der Waals surface area contributed by atoms with Crippen LogP contribution in [-0.4, -0.2) is 29.5 Å². The highest BCUT2D eigenvalue weighted by Crippen LogP contribution is 2.28. The summed E-state index contributed by atoms with van der Waals surface area (Å²) in [5, 5.41) is 3.63. The minimum atomic E-state index is -0.335. The molecule has 4 heteroatoms. The van der Waals surface area contributed by atoms with Crippen molar-refractivity contribution in [3.8, 4) is 0 Å². The molecule has 1 fully saturated rings. The molecule has 1 aliphatic rings. The van der Waals surface area contributed by atoms with Crippen molar-refractivity contribution in [2.75, 3.05) is 6.26 Å². The van der Waals surface area contributed by atoms with E-state index in [-0.39, 0.29) is 11.9 Å². The summed E-state index contributed by atoms with van der Waals surface area (Å²) in [5.41, 5.74) is 5.66. The quantitative estimate of drug-likeness (QED) is 0.740. The van der Waals surface area contributed by atoms with Gasteiger partial charge in [-0.1, -0.05) is 13.3 Å². The van der Waals surface area contributed by atoms with E-state index in [1.165, 1.54) is 12.8 Å². The van der Waals surface area contributed by atoms with Crippen LogP contribution in [0.2, 0.25) is 0 Å². The van der Waals surface area contributed by atoms with Gasteiger partial charge in [-0.2, -0.15) is 11.8 Å². The number of hydrogen-bond donors (Lipinski definition) is 2. The first-order valence-electron chi connectivity index (χ1n) is 5.27. The Bertz CT molecular complexity index is 199. The summed E-state index contributed by atoms with van der Waals surface area (Å²) in [5.74, 6) is 0.0125. The van der Waals surface area contributed by atoms with Crippen LogP contribution in [0.5, 0.6) is 0 Å². The number of thioether (sulfide) groups is 1. The Kier molecular flexibility index (Phi) is 4.75. The fourth-order valence-electron chi connectivity index (χ4n) is 1.85. The summed E-state index contributed by atoms with van der Waals surface area (Å²) in [6, 6.07) is 0.00760. The van der Waals surface area contributed by atoms with Gasteiger partial charge in [0.15, 0.2) is 0 Å². The largest absolute Gasteiger partial charge is 0.351 e. The lowest BCUT2D eigenvalue weighted by molar-refractivity contribution is -0.123. The Labute approximate surface area is 90.2 Å². The lowest BCUT2D eigenvalue weighted by Crippen LogP contribution is -2.47. The summed E-state index contributed by atoms with van der Waals surface area (Å²) in [6.45, 7) is 1.94. The van der Waals surface area contributed by atoms with Crippen LogP contribution in [0.4, 0.5) is 0 Å². The molecule has 82 valence electrons. The highest BCUT2D eigenvalue weighted by molar-refractivity contribution is 7.99. The number of nitrogens with one attached hydrogen (secondary N) is 1. The first-order chi connectivity index (χ1) is 6.69. The van der Waals surface area contributed by atoms with Gasteiger partial charge in [0.05, 0.1) is 6.04 Å². The zero-order chi connectivity index (χ0) is 10.6. The zero-order valence-electron chi connectivity index (χ0n) is 8.95.